The van der Waals surface area contributed by atoms with Crippen LogP contribution in [0.2, 0.25) is 0 Å². The van der Waals surface area contributed by atoms with Crippen molar-refractivity contribution in [1.82, 2.24) is 19.5 Å². The number of rotatable bonds is 4. The second kappa shape index (κ2) is 10.5. The van der Waals surface area contributed by atoms with Gasteiger partial charge in [-0.1, -0.05) is 59.5 Å². The number of aromatic nitrogens is 4. The SMILES string of the molecule is [Pt+2].[c-]1c(-n2c3[c-]c(-c4nc5ccccc5s4)ccc3c3ccccc32)ccc(-c2cccnc2)c1-c1ccccn1. The van der Waals surface area contributed by atoms with Crippen LogP contribution >= 0.6 is 11.3 Å². The van der Waals surface area contributed by atoms with E-state index >= 15 is 0 Å². The molecule has 41 heavy (non-hydrogen) atoms. The summed E-state index contributed by atoms with van der Waals surface area (Å²) in [4.78, 5) is 13.9. The molecule has 8 aromatic rings. The Hall–Kier alpha value is -4.44. The van der Waals surface area contributed by atoms with Gasteiger partial charge in [0.2, 0.25) is 0 Å². The molecule has 0 saturated heterocycles. The molecule has 0 amide bonds. The van der Waals surface area contributed by atoms with E-state index in [4.69, 9.17) is 4.98 Å². The maximum Gasteiger partial charge on any atom is 2.00 e. The quantitative estimate of drug-likeness (QED) is 0.171. The van der Waals surface area contributed by atoms with Crippen LogP contribution in [0.5, 0.6) is 0 Å². The number of nitrogens with zero attached hydrogens (tertiary/aromatic N) is 4. The Kier molecular flexibility index (Phi) is 6.54. The van der Waals surface area contributed by atoms with Crippen LogP contribution in [-0.4, -0.2) is 19.5 Å². The molecule has 4 heterocycles. The van der Waals surface area contributed by atoms with Gasteiger partial charge in [-0.15, -0.1) is 47.5 Å². The average Bonchev–Trinajstić information content (AvgIpc) is 3.61. The summed E-state index contributed by atoms with van der Waals surface area (Å²) < 4.78 is 3.42. The predicted molar refractivity (Wildman–Crippen MR) is 164 cm³/mol. The van der Waals surface area contributed by atoms with E-state index in [0.29, 0.717) is 0 Å². The van der Waals surface area contributed by atoms with Crippen molar-refractivity contribution in [1.29, 1.82) is 0 Å². The normalized spacial score (nSPS) is 11.2. The maximum absolute atomic E-state index is 4.90. The van der Waals surface area contributed by atoms with Gasteiger partial charge in [0.15, 0.2) is 0 Å². The molecule has 4 aromatic carbocycles. The molecule has 0 saturated carbocycles. The molecule has 0 radical (unpaired) electrons. The molecule has 0 unspecified atom stereocenters. The zero-order chi connectivity index (χ0) is 26.5. The van der Waals surface area contributed by atoms with Crippen molar-refractivity contribution in [3.63, 3.8) is 0 Å². The smallest absolute Gasteiger partial charge is 0.346 e. The Labute approximate surface area is 255 Å². The first kappa shape index (κ1) is 25.5. The Balaban J connectivity index is 0.00000276. The van der Waals surface area contributed by atoms with E-state index in [0.717, 1.165) is 60.6 Å². The van der Waals surface area contributed by atoms with Gasteiger partial charge in [-0.05, 0) is 58.2 Å². The van der Waals surface area contributed by atoms with Gasteiger partial charge < -0.3 is 9.55 Å². The first-order valence-electron chi connectivity index (χ1n) is 13.0. The van der Waals surface area contributed by atoms with Gasteiger partial charge in [0, 0.05) is 33.8 Å². The fourth-order valence-corrected chi connectivity index (χ4v) is 6.29. The third kappa shape index (κ3) is 4.39. The van der Waals surface area contributed by atoms with Crippen LogP contribution in [-0.2, 0) is 21.1 Å². The molecule has 0 aliphatic rings. The summed E-state index contributed by atoms with van der Waals surface area (Å²) in [7, 11) is 0. The van der Waals surface area contributed by atoms with E-state index < -0.39 is 0 Å². The molecule has 4 aromatic heterocycles. The average molecular weight is 724 g/mol. The fourth-order valence-electron chi connectivity index (χ4n) is 5.34. The fraction of sp³-hybridized carbons (Fsp3) is 0. The molecule has 0 aliphatic carbocycles. The zero-order valence-electron chi connectivity index (χ0n) is 21.6. The largest absolute Gasteiger partial charge is 2.00 e. The van der Waals surface area contributed by atoms with Gasteiger partial charge >= 0.3 is 21.1 Å². The summed E-state index contributed by atoms with van der Waals surface area (Å²) in [5.41, 5.74) is 8.88. The minimum Gasteiger partial charge on any atom is -0.346 e. The van der Waals surface area contributed by atoms with Crippen molar-refractivity contribution >= 4 is 43.4 Å². The third-order valence-electron chi connectivity index (χ3n) is 7.17. The summed E-state index contributed by atoms with van der Waals surface area (Å²) in [6.45, 7) is 0. The molecule has 0 N–H and O–H groups in total. The number of hydrogen-bond donors (Lipinski definition) is 0. The van der Waals surface area contributed by atoms with Gasteiger partial charge in [0.05, 0.1) is 5.52 Å². The van der Waals surface area contributed by atoms with Crippen LogP contribution in [0, 0.1) is 12.1 Å². The maximum atomic E-state index is 4.90. The predicted octanol–water partition coefficient (Wildman–Crippen LogP) is 8.78. The van der Waals surface area contributed by atoms with E-state index in [-0.39, 0.29) is 21.1 Å². The molecule has 0 bridgehead atoms. The summed E-state index contributed by atoms with van der Waals surface area (Å²) in [5.74, 6) is 0. The van der Waals surface area contributed by atoms with E-state index in [2.05, 4.69) is 99.5 Å². The minimum atomic E-state index is 0. The summed E-state index contributed by atoms with van der Waals surface area (Å²) in [6.07, 6.45) is 5.49. The monoisotopic (exact) mass is 723 g/mol. The third-order valence-corrected chi connectivity index (χ3v) is 8.24. The topological polar surface area (TPSA) is 43.6 Å². The van der Waals surface area contributed by atoms with Crippen LogP contribution in [0.25, 0.3) is 70.7 Å². The molecule has 8 rings (SSSR count). The van der Waals surface area contributed by atoms with Crippen molar-refractivity contribution in [2.75, 3.05) is 0 Å². The Morgan fingerprint density at radius 3 is 2.44 bits per heavy atom. The van der Waals surface area contributed by atoms with Gasteiger partial charge in [0.1, 0.15) is 0 Å². The number of pyridine rings is 2. The van der Waals surface area contributed by atoms with E-state index in [9.17, 15) is 0 Å². The summed E-state index contributed by atoms with van der Waals surface area (Å²) in [5, 5.41) is 3.28. The van der Waals surface area contributed by atoms with Crippen molar-refractivity contribution in [3.05, 3.63) is 134 Å². The van der Waals surface area contributed by atoms with Gasteiger partial charge in [-0.25, -0.2) is 0 Å². The van der Waals surface area contributed by atoms with Crippen molar-refractivity contribution in [2.45, 2.75) is 0 Å². The van der Waals surface area contributed by atoms with Crippen molar-refractivity contribution < 1.29 is 21.1 Å². The van der Waals surface area contributed by atoms with Crippen molar-refractivity contribution in [2.24, 2.45) is 0 Å². The second-order valence-corrected chi connectivity index (χ2v) is 10.6. The number of benzene rings is 4. The molecular weight excluding hydrogens is 704 g/mol. The van der Waals surface area contributed by atoms with Crippen LogP contribution < -0.4 is 0 Å². The molecular formula is C35H20N4PtS. The molecule has 6 heteroatoms. The Morgan fingerprint density at radius 1 is 0.707 bits per heavy atom. The van der Waals surface area contributed by atoms with E-state index in [1.165, 1.54) is 10.1 Å². The Bertz CT molecular complexity index is 2140. The molecule has 0 fully saturated rings. The first-order chi connectivity index (χ1) is 19.8. The number of para-hydroxylation sites is 2. The number of fused-ring (bicyclic) bond motifs is 4. The molecule has 0 aliphatic heterocycles. The first-order valence-corrected chi connectivity index (χ1v) is 13.8. The molecule has 0 spiro atoms. The van der Waals surface area contributed by atoms with Gasteiger partial charge in [-0.3, -0.25) is 9.97 Å². The van der Waals surface area contributed by atoms with Crippen LogP contribution in [0.15, 0.2) is 122 Å². The van der Waals surface area contributed by atoms with Gasteiger partial charge in [0.25, 0.3) is 0 Å². The van der Waals surface area contributed by atoms with E-state index in [1.807, 2.05) is 42.7 Å². The number of thiazole rings is 1. The van der Waals surface area contributed by atoms with Crippen LogP contribution in [0.4, 0.5) is 0 Å². The summed E-state index contributed by atoms with van der Waals surface area (Å²) >= 11 is 1.69. The molecule has 0 atom stereocenters. The van der Waals surface area contributed by atoms with Crippen LogP contribution in [0.1, 0.15) is 0 Å². The molecule has 4 nitrogen and oxygen atoms in total. The minimum absolute atomic E-state index is 0. The van der Waals surface area contributed by atoms with Gasteiger partial charge in [-0.2, -0.15) is 11.3 Å². The number of hydrogen-bond acceptors (Lipinski definition) is 4. The Morgan fingerprint density at radius 2 is 1.59 bits per heavy atom. The van der Waals surface area contributed by atoms with Crippen molar-refractivity contribution in [3.8, 4) is 38.6 Å². The standard InChI is InChI=1S/C35H20N4S.Pt/c1-3-12-32-27(9-1)28-16-14-23(35-38-31-11-2-4-13-34(31)40-35)20-33(28)39(32)25-15-17-26(24-8-7-18-36-22-24)29(21-25)30-10-5-6-19-37-30;/h1-19,22H;/q-2;+2. The summed E-state index contributed by atoms with van der Waals surface area (Å²) in [6, 6.07) is 42.8. The second-order valence-electron chi connectivity index (χ2n) is 9.56. The van der Waals surface area contributed by atoms with Crippen LogP contribution in [0.3, 0.4) is 0 Å². The van der Waals surface area contributed by atoms with E-state index in [1.54, 1.807) is 17.5 Å². The molecule has 196 valence electrons. The zero-order valence-corrected chi connectivity index (χ0v) is 24.6.